The molecular weight excluding hydrogens is 270 g/mol. The number of ether oxygens (including phenoxy) is 3. The number of benzene rings is 1. The van der Waals surface area contributed by atoms with Gasteiger partial charge in [0.25, 0.3) is 0 Å². The van der Waals surface area contributed by atoms with Crippen molar-refractivity contribution in [2.45, 2.75) is 32.4 Å². The molecule has 5 heteroatoms. The maximum absolute atomic E-state index is 9.78. The number of hydrogen-bond donors (Lipinski definition) is 2. The third kappa shape index (κ3) is 6.80. The van der Waals surface area contributed by atoms with Gasteiger partial charge < -0.3 is 24.6 Å². The quantitative estimate of drug-likeness (QED) is 0.612. The van der Waals surface area contributed by atoms with Gasteiger partial charge >= 0.3 is 0 Å². The summed E-state index contributed by atoms with van der Waals surface area (Å²) in [5, 5.41) is 13.0. The summed E-state index contributed by atoms with van der Waals surface area (Å²) in [4.78, 5) is 0. The van der Waals surface area contributed by atoms with Crippen molar-refractivity contribution in [3.05, 3.63) is 23.8 Å². The Balaban J connectivity index is 2.28. The maximum atomic E-state index is 9.78. The molecular formula is C16H27NO4. The Labute approximate surface area is 127 Å². The van der Waals surface area contributed by atoms with Crippen LogP contribution >= 0.6 is 0 Å². The van der Waals surface area contributed by atoms with Crippen LogP contribution < -0.4 is 14.8 Å². The van der Waals surface area contributed by atoms with Gasteiger partial charge in [-0.15, -0.1) is 0 Å². The molecule has 1 rings (SSSR count). The van der Waals surface area contributed by atoms with Crippen LogP contribution in [0.4, 0.5) is 0 Å². The molecule has 2 N–H and O–H groups in total. The van der Waals surface area contributed by atoms with Crippen molar-refractivity contribution in [3.8, 4) is 11.5 Å². The van der Waals surface area contributed by atoms with E-state index < -0.39 is 6.10 Å². The summed E-state index contributed by atoms with van der Waals surface area (Å²) in [6.45, 7) is 4.36. The van der Waals surface area contributed by atoms with Gasteiger partial charge in [-0.05, 0) is 24.1 Å². The monoisotopic (exact) mass is 297 g/mol. The summed E-state index contributed by atoms with van der Waals surface area (Å²) in [5.74, 6) is 1.42. The highest BCUT2D eigenvalue weighted by molar-refractivity contribution is 5.42. The molecule has 0 aliphatic carbocycles. The van der Waals surface area contributed by atoms with E-state index in [0.717, 1.165) is 18.4 Å². The van der Waals surface area contributed by atoms with Gasteiger partial charge in [0.15, 0.2) is 11.5 Å². The molecule has 5 nitrogen and oxygen atoms in total. The van der Waals surface area contributed by atoms with E-state index in [2.05, 4.69) is 12.2 Å². The minimum absolute atomic E-state index is 0.374. The fraction of sp³-hybridized carbons (Fsp3) is 0.625. The summed E-state index contributed by atoms with van der Waals surface area (Å²) in [5.41, 5.74) is 1.08. The van der Waals surface area contributed by atoms with Gasteiger partial charge in [-0.1, -0.05) is 19.4 Å². The number of rotatable bonds is 11. The van der Waals surface area contributed by atoms with E-state index in [1.807, 2.05) is 18.2 Å². The molecule has 120 valence electrons. The van der Waals surface area contributed by atoms with Crippen molar-refractivity contribution in [1.29, 1.82) is 0 Å². The Kier molecular flexibility index (Phi) is 8.82. The Bertz CT molecular complexity index is 398. The zero-order valence-corrected chi connectivity index (χ0v) is 13.2. The largest absolute Gasteiger partial charge is 0.493 e. The number of aliphatic hydroxyl groups excluding tert-OH is 1. The van der Waals surface area contributed by atoms with Gasteiger partial charge in [-0.2, -0.15) is 0 Å². The van der Waals surface area contributed by atoms with Crippen LogP contribution in [-0.4, -0.2) is 45.2 Å². The van der Waals surface area contributed by atoms with E-state index in [-0.39, 0.29) is 0 Å². The lowest BCUT2D eigenvalue weighted by molar-refractivity contribution is 0.0358. The molecule has 0 saturated heterocycles. The highest BCUT2D eigenvalue weighted by Crippen LogP contribution is 2.27. The fourth-order valence-electron chi connectivity index (χ4n) is 1.90. The second kappa shape index (κ2) is 10.4. The predicted molar refractivity (Wildman–Crippen MR) is 83.0 cm³/mol. The molecule has 0 aliphatic rings. The number of unbranched alkanes of at least 4 members (excludes halogenated alkanes) is 1. The van der Waals surface area contributed by atoms with E-state index >= 15 is 0 Å². The van der Waals surface area contributed by atoms with E-state index in [4.69, 9.17) is 14.2 Å². The first-order valence-electron chi connectivity index (χ1n) is 7.38. The first kappa shape index (κ1) is 17.8. The molecule has 21 heavy (non-hydrogen) atoms. The minimum atomic E-state index is -0.484. The van der Waals surface area contributed by atoms with Gasteiger partial charge in [0.1, 0.15) is 0 Å². The van der Waals surface area contributed by atoms with Gasteiger partial charge in [0, 0.05) is 19.7 Å². The van der Waals surface area contributed by atoms with Crippen LogP contribution in [0, 0.1) is 0 Å². The summed E-state index contributed by atoms with van der Waals surface area (Å²) in [7, 11) is 3.23. The summed E-state index contributed by atoms with van der Waals surface area (Å²) < 4.78 is 15.8. The molecule has 0 spiro atoms. The Hall–Kier alpha value is -1.30. The van der Waals surface area contributed by atoms with Gasteiger partial charge in [-0.25, -0.2) is 0 Å². The Morgan fingerprint density at radius 3 is 2.62 bits per heavy atom. The zero-order chi connectivity index (χ0) is 15.5. The van der Waals surface area contributed by atoms with E-state index in [1.54, 1.807) is 14.2 Å². The lowest BCUT2D eigenvalue weighted by Gasteiger charge is -2.13. The second-order valence-electron chi connectivity index (χ2n) is 4.90. The molecule has 1 unspecified atom stereocenters. The second-order valence-corrected chi connectivity index (χ2v) is 4.90. The van der Waals surface area contributed by atoms with Gasteiger partial charge in [0.2, 0.25) is 0 Å². The third-order valence-corrected chi connectivity index (χ3v) is 3.11. The molecule has 1 aromatic carbocycles. The van der Waals surface area contributed by atoms with Crippen LogP contribution in [0.25, 0.3) is 0 Å². The topological polar surface area (TPSA) is 60.0 Å². The van der Waals surface area contributed by atoms with Crippen LogP contribution in [-0.2, 0) is 11.3 Å². The molecule has 0 radical (unpaired) electrons. The van der Waals surface area contributed by atoms with Crippen LogP contribution in [0.5, 0.6) is 11.5 Å². The molecule has 0 aliphatic heterocycles. The molecule has 0 amide bonds. The van der Waals surface area contributed by atoms with Crippen LogP contribution in [0.3, 0.4) is 0 Å². The maximum Gasteiger partial charge on any atom is 0.161 e. The third-order valence-electron chi connectivity index (χ3n) is 3.11. The molecule has 0 fully saturated rings. The SMILES string of the molecule is CCCCOCC(O)CNCc1ccc(OC)c(OC)c1. The molecule has 0 aromatic heterocycles. The first-order chi connectivity index (χ1) is 10.2. The lowest BCUT2D eigenvalue weighted by atomic mass is 10.2. The van der Waals surface area contributed by atoms with Crippen LogP contribution in [0.15, 0.2) is 18.2 Å². The van der Waals surface area contributed by atoms with E-state index in [1.165, 1.54) is 0 Å². The van der Waals surface area contributed by atoms with Crippen molar-refractivity contribution in [3.63, 3.8) is 0 Å². The Morgan fingerprint density at radius 2 is 1.95 bits per heavy atom. The van der Waals surface area contributed by atoms with Crippen LogP contribution in [0.2, 0.25) is 0 Å². The number of hydrogen-bond acceptors (Lipinski definition) is 5. The smallest absolute Gasteiger partial charge is 0.161 e. The Morgan fingerprint density at radius 1 is 1.19 bits per heavy atom. The molecule has 1 atom stereocenters. The number of aliphatic hydroxyl groups is 1. The summed E-state index contributed by atoms with van der Waals surface area (Å²) in [6, 6.07) is 5.77. The first-order valence-corrected chi connectivity index (χ1v) is 7.38. The highest BCUT2D eigenvalue weighted by atomic mass is 16.5. The predicted octanol–water partition coefficient (Wildman–Crippen LogP) is 1.97. The normalized spacial score (nSPS) is 12.2. The molecule has 1 aromatic rings. The van der Waals surface area contributed by atoms with Gasteiger partial charge in [-0.3, -0.25) is 0 Å². The number of methoxy groups -OCH3 is 2. The number of nitrogens with one attached hydrogen (secondary N) is 1. The average molecular weight is 297 g/mol. The molecule has 0 heterocycles. The fourth-order valence-corrected chi connectivity index (χ4v) is 1.90. The van der Waals surface area contributed by atoms with Crippen molar-refractivity contribution < 1.29 is 19.3 Å². The zero-order valence-electron chi connectivity index (χ0n) is 13.2. The lowest BCUT2D eigenvalue weighted by Crippen LogP contribution is -2.30. The van der Waals surface area contributed by atoms with E-state index in [9.17, 15) is 5.11 Å². The molecule has 0 saturated carbocycles. The minimum Gasteiger partial charge on any atom is -0.493 e. The highest BCUT2D eigenvalue weighted by Gasteiger charge is 2.06. The van der Waals surface area contributed by atoms with Gasteiger partial charge in [0.05, 0.1) is 26.9 Å². The van der Waals surface area contributed by atoms with Crippen molar-refractivity contribution >= 4 is 0 Å². The van der Waals surface area contributed by atoms with Crippen LogP contribution in [0.1, 0.15) is 25.3 Å². The van der Waals surface area contributed by atoms with Crippen molar-refractivity contribution in [1.82, 2.24) is 5.32 Å². The standard InChI is InChI=1S/C16H27NO4/c1-4-5-8-21-12-14(18)11-17-10-13-6-7-15(19-2)16(9-13)20-3/h6-7,9,14,17-18H,4-5,8,10-12H2,1-3H3. The average Bonchev–Trinajstić information content (AvgIpc) is 2.51. The van der Waals surface area contributed by atoms with E-state index in [0.29, 0.717) is 37.8 Å². The van der Waals surface area contributed by atoms with Crippen molar-refractivity contribution in [2.75, 3.05) is 34.0 Å². The summed E-state index contributed by atoms with van der Waals surface area (Å²) in [6.07, 6.45) is 1.65. The molecule has 0 bridgehead atoms. The van der Waals surface area contributed by atoms with Crippen molar-refractivity contribution in [2.24, 2.45) is 0 Å². The summed E-state index contributed by atoms with van der Waals surface area (Å²) >= 11 is 0.